The zero-order chi connectivity index (χ0) is 15.5. The highest BCUT2D eigenvalue weighted by molar-refractivity contribution is 6.21. The number of imide groups is 1. The fourth-order valence-electron chi connectivity index (χ4n) is 3.64. The molecule has 0 spiro atoms. The van der Waals surface area contributed by atoms with E-state index in [-0.39, 0.29) is 11.8 Å². The van der Waals surface area contributed by atoms with E-state index in [0.29, 0.717) is 29.7 Å². The lowest BCUT2D eigenvalue weighted by Gasteiger charge is -2.27. The van der Waals surface area contributed by atoms with Gasteiger partial charge in [-0.2, -0.15) is 0 Å². The number of carbonyl (C=O) groups is 2. The maximum absolute atomic E-state index is 12.3. The molecule has 2 amide bonds. The molecular formula is C18H23NO3. The molecule has 1 aliphatic heterocycles. The van der Waals surface area contributed by atoms with Gasteiger partial charge in [0.25, 0.3) is 11.8 Å². The molecule has 1 fully saturated rings. The summed E-state index contributed by atoms with van der Waals surface area (Å²) in [6.45, 7) is 0.538. The molecule has 0 N–H and O–H groups in total. The number of amides is 2. The van der Waals surface area contributed by atoms with Crippen LogP contribution in [0.2, 0.25) is 0 Å². The van der Waals surface area contributed by atoms with E-state index < -0.39 is 0 Å². The molecule has 1 aromatic carbocycles. The molecule has 0 unspecified atom stereocenters. The summed E-state index contributed by atoms with van der Waals surface area (Å²) in [4.78, 5) is 25.9. The second kappa shape index (κ2) is 6.61. The Labute approximate surface area is 131 Å². The van der Waals surface area contributed by atoms with Crippen molar-refractivity contribution in [1.82, 2.24) is 4.90 Å². The van der Waals surface area contributed by atoms with Gasteiger partial charge in [-0.3, -0.25) is 14.5 Å². The van der Waals surface area contributed by atoms with Crippen LogP contribution in [0, 0.1) is 5.92 Å². The molecule has 0 saturated heterocycles. The molecule has 0 aromatic heterocycles. The summed E-state index contributed by atoms with van der Waals surface area (Å²) in [5.74, 6) is 0.439. The molecule has 1 aromatic rings. The van der Waals surface area contributed by atoms with Crippen molar-refractivity contribution in [3.8, 4) is 0 Å². The standard InChI is InChI=1S/C18H23NO3/c1-22-14-10-8-13(9-11-14)5-4-12-19-17(20)15-6-2-3-7-16(15)18(19)21/h2-3,6-7,13-14H,4-5,8-12H2,1H3. The number of carbonyl (C=O) groups excluding carboxylic acids is 2. The number of fused-ring (bicyclic) bond motifs is 1. The van der Waals surface area contributed by atoms with Gasteiger partial charge < -0.3 is 4.74 Å². The quantitative estimate of drug-likeness (QED) is 0.784. The minimum atomic E-state index is -0.135. The number of nitrogens with zero attached hydrogens (tertiary/aromatic N) is 1. The molecule has 3 rings (SSSR count). The molecule has 4 nitrogen and oxygen atoms in total. The monoisotopic (exact) mass is 301 g/mol. The third-order valence-corrected chi connectivity index (χ3v) is 5.00. The van der Waals surface area contributed by atoms with E-state index in [2.05, 4.69) is 0 Å². The van der Waals surface area contributed by atoms with Crippen LogP contribution >= 0.6 is 0 Å². The predicted octanol–water partition coefficient (Wildman–Crippen LogP) is 3.27. The Morgan fingerprint density at radius 1 is 1.05 bits per heavy atom. The van der Waals surface area contributed by atoms with Gasteiger partial charge in [0.1, 0.15) is 0 Å². The maximum atomic E-state index is 12.3. The van der Waals surface area contributed by atoms with Crippen molar-refractivity contribution in [3.63, 3.8) is 0 Å². The molecule has 1 saturated carbocycles. The van der Waals surface area contributed by atoms with Crippen molar-refractivity contribution in [2.75, 3.05) is 13.7 Å². The number of hydrogen-bond donors (Lipinski definition) is 0. The van der Waals surface area contributed by atoms with Gasteiger partial charge in [0.15, 0.2) is 0 Å². The van der Waals surface area contributed by atoms with E-state index in [1.54, 1.807) is 19.2 Å². The fraction of sp³-hybridized carbons (Fsp3) is 0.556. The van der Waals surface area contributed by atoms with E-state index in [4.69, 9.17) is 4.74 Å². The summed E-state index contributed by atoms with van der Waals surface area (Å²) in [5, 5.41) is 0. The second-order valence-electron chi connectivity index (χ2n) is 6.33. The Hall–Kier alpha value is -1.68. The van der Waals surface area contributed by atoms with Gasteiger partial charge in [-0.05, 0) is 56.6 Å². The molecule has 118 valence electrons. The summed E-state index contributed by atoms with van der Waals surface area (Å²) < 4.78 is 5.39. The van der Waals surface area contributed by atoms with Crippen molar-refractivity contribution in [1.29, 1.82) is 0 Å². The Kier molecular flexibility index (Phi) is 4.57. The van der Waals surface area contributed by atoms with Crippen molar-refractivity contribution in [3.05, 3.63) is 35.4 Å². The normalized spacial score (nSPS) is 24.7. The Morgan fingerprint density at radius 2 is 1.64 bits per heavy atom. The molecule has 0 bridgehead atoms. The lowest BCUT2D eigenvalue weighted by atomic mass is 9.84. The summed E-state index contributed by atoms with van der Waals surface area (Å²) in [6, 6.07) is 7.09. The van der Waals surface area contributed by atoms with Crippen LogP contribution in [0.5, 0.6) is 0 Å². The average Bonchev–Trinajstić information content (AvgIpc) is 2.81. The Bertz CT molecular complexity index is 526. The minimum Gasteiger partial charge on any atom is -0.381 e. The van der Waals surface area contributed by atoms with E-state index in [9.17, 15) is 9.59 Å². The van der Waals surface area contributed by atoms with Gasteiger partial charge in [0, 0.05) is 13.7 Å². The van der Waals surface area contributed by atoms with Crippen molar-refractivity contribution in [2.45, 2.75) is 44.6 Å². The van der Waals surface area contributed by atoms with Crippen LogP contribution in [0.3, 0.4) is 0 Å². The number of hydrogen-bond acceptors (Lipinski definition) is 3. The number of ether oxygens (including phenoxy) is 1. The van der Waals surface area contributed by atoms with Gasteiger partial charge in [0.2, 0.25) is 0 Å². The first-order valence-electron chi connectivity index (χ1n) is 8.18. The summed E-state index contributed by atoms with van der Waals surface area (Å²) in [5.41, 5.74) is 1.10. The third-order valence-electron chi connectivity index (χ3n) is 5.00. The first-order valence-corrected chi connectivity index (χ1v) is 8.18. The van der Waals surface area contributed by atoms with Gasteiger partial charge in [0.05, 0.1) is 17.2 Å². The minimum absolute atomic E-state index is 0.135. The highest BCUT2D eigenvalue weighted by atomic mass is 16.5. The summed E-state index contributed by atoms with van der Waals surface area (Å²) in [6.07, 6.45) is 7.06. The lowest BCUT2D eigenvalue weighted by molar-refractivity contribution is 0.0539. The Morgan fingerprint density at radius 3 is 2.18 bits per heavy atom. The first kappa shape index (κ1) is 15.2. The van der Waals surface area contributed by atoms with E-state index in [1.807, 2.05) is 12.1 Å². The van der Waals surface area contributed by atoms with Crippen LogP contribution < -0.4 is 0 Å². The van der Waals surface area contributed by atoms with Crippen LogP contribution in [0.4, 0.5) is 0 Å². The molecule has 2 aliphatic rings. The topological polar surface area (TPSA) is 46.6 Å². The zero-order valence-electron chi connectivity index (χ0n) is 13.1. The molecule has 1 aliphatic carbocycles. The average molecular weight is 301 g/mol. The maximum Gasteiger partial charge on any atom is 0.261 e. The zero-order valence-corrected chi connectivity index (χ0v) is 13.1. The van der Waals surface area contributed by atoms with Crippen LogP contribution in [-0.2, 0) is 4.74 Å². The van der Waals surface area contributed by atoms with Crippen LogP contribution in [0.15, 0.2) is 24.3 Å². The number of benzene rings is 1. The van der Waals surface area contributed by atoms with Gasteiger partial charge in [-0.15, -0.1) is 0 Å². The number of methoxy groups -OCH3 is 1. The highest BCUT2D eigenvalue weighted by Crippen LogP contribution is 2.30. The number of rotatable bonds is 5. The third kappa shape index (κ3) is 2.93. The largest absolute Gasteiger partial charge is 0.381 e. The van der Waals surface area contributed by atoms with Crippen LogP contribution in [-0.4, -0.2) is 36.5 Å². The van der Waals surface area contributed by atoms with E-state index >= 15 is 0 Å². The molecule has 22 heavy (non-hydrogen) atoms. The SMILES string of the molecule is COC1CCC(CCCN2C(=O)c3ccccc3C2=O)CC1. The van der Waals surface area contributed by atoms with E-state index in [0.717, 1.165) is 25.7 Å². The van der Waals surface area contributed by atoms with Crippen molar-refractivity contribution in [2.24, 2.45) is 5.92 Å². The smallest absolute Gasteiger partial charge is 0.261 e. The predicted molar refractivity (Wildman–Crippen MR) is 83.8 cm³/mol. The summed E-state index contributed by atoms with van der Waals surface area (Å²) >= 11 is 0. The molecule has 0 radical (unpaired) electrons. The van der Waals surface area contributed by atoms with Gasteiger partial charge in [-0.1, -0.05) is 12.1 Å². The van der Waals surface area contributed by atoms with E-state index in [1.165, 1.54) is 17.7 Å². The molecule has 0 atom stereocenters. The summed E-state index contributed by atoms with van der Waals surface area (Å²) in [7, 11) is 1.78. The van der Waals surface area contributed by atoms with Gasteiger partial charge >= 0.3 is 0 Å². The van der Waals surface area contributed by atoms with Crippen molar-refractivity contribution < 1.29 is 14.3 Å². The van der Waals surface area contributed by atoms with Crippen LogP contribution in [0.1, 0.15) is 59.2 Å². The Balaban J connectivity index is 1.49. The molecule has 1 heterocycles. The molecule has 4 heteroatoms. The first-order chi connectivity index (χ1) is 10.7. The second-order valence-corrected chi connectivity index (χ2v) is 6.33. The highest BCUT2D eigenvalue weighted by Gasteiger charge is 2.34. The lowest BCUT2D eigenvalue weighted by Crippen LogP contribution is -2.31. The fourth-order valence-corrected chi connectivity index (χ4v) is 3.64. The van der Waals surface area contributed by atoms with Crippen molar-refractivity contribution >= 4 is 11.8 Å². The van der Waals surface area contributed by atoms with Crippen LogP contribution in [0.25, 0.3) is 0 Å². The van der Waals surface area contributed by atoms with Gasteiger partial charge in [-0.25, -0.2) is 0 Å². The molecular weight excluding hydrogens is 278 g/mol.